The van der Waals surface area contributed by atoms with Crippen molar-refractivity contribution in [2.75, 3.05) is 5.32 Å². The first-order chi connectivity index (χ1) is 13.5. The van der Waals surface area contributed by atoms with Crippen LogP contribution in [0.2, 0.25) is 0 Å². The molecule has 0 aliphatic heterocycles. The Balaban J connectivity index is 1.67. The number of aryl methyl sites for hydroxylation is 1. The Labute approximate surface area is 167 Å². The van der Waals surface area contributed by atoms with Crippen molar-refractivity contribution in [3.63, 3.8) is 0 Å². The van der Waals surface area contributed by atoms with E-state index in [4.69, 9.17) is 0 Å². The van der Waals surface area contributed by atoms with Crippen LogP contribution < -0.4 is 5.32 Å². The van der Waals surface area contributed by atoms with Crippen LogP contribution in [0, 0.1) is 6.92 Å². The third-order valence-corrected chi connectivity index (χ3v) is 4.81. The number of pyridine rings is 1. The molecule has 1 N–H and O–H groups in total. The van der Waals surface area contributed by atoms with E-state index in [0.717, 1.165) is 17.8 Å². The van der Waals surface area contributed by atoms with Gasteiger partial charge in [-0.3, -0.25) is 4.79 Å². The molecule has 0 aliphatic rings. The number of anilines is 1. The highest BCUT2D eigenvalue weighted by Crippen LogP contribution is 2.15. The minimum absolute atomic E-state index is 0.0516. The summed E-state index contributed by atoms with van der Waals surface area (Å²) in [5, 5.41) is 3.37. The molecule has 0 fully saturated rings. The molecule has 0 unspecified atom stereocenters. The van der Waals surface area contributed by atoms with Gasteiger partial charge in [0.2, 0.25) is 0 Å². The first-order valence-electron chi connectivity index (χ1n) is 9.64. The second kappa shape index (κ2) is 9.18. The van der Waals surface area contributed by atoms with Crippen LogP contribution >= 0.6 is 0 Å². The summed E-state index contributed by atoms with van der Waals surface area (Å²) in [7, 11) is 0. The Morgan fingerprint density at radius 1 is 1.00 bits per heavy atom. The van der Waals surface area contributed by atoms with Crippen molar-refractivity contribution in [1.82, 2.24) is 9.88 Å². The van der Waals surface area contributed by atoms with Gasteiger partial charge in [-0.05, 0) is 49.6 Å². The summed E-state index contributed by atoms with van der Waals surface area (Å²) >= 11 is 0. The minimum Gasteiger partial charge on any atom is -0.380 e. The number of carbonyl (C=O) groups is 1. The van der Waals surface area contributed by atoms with Gasteiger partial charge in [0.15, 0.2) is 0 Å². The Bertz CT molecular complexity index is 905. The van der Waals surface area contributed by atoms with Crippen LogP contribution in [0.1, 0.15) is 41.0 Å². The van der Waals surface area contributed by atoms with Crippen LogP contribution in [-0.4, -0.2) is 21.8 Å². The fraction of sp³-hybridized carbons (Fsp3) is 0.250. The lowest BCUT2D eigenvalue weighted by atomic mass is 10.1. The molecule has 144 valence electrons. The lowest BCUT2D eigenvalue weighted by Gasteiger charge is -2.26. The Hall–Kier alpha value is -3.14. The van der Waals surface area contributed by atoms with Gasteiger partial charge in [-0.25, -0.2) is 4.98 Å². The zero-order valence-electron chi connectivity index (χ0n) is 16.7. The molecule has 4 heteroatoms. The Morgan fingerprint density at radius 2 is 1.71 bits per heavy atom. The van der Waals surface area contributed by atoms with Gasteiger partial charge in [0.05, 0.1) is 11.9 Å². The van der Waals surface area contributed by atoms with Crippen molar-refractivity contribution in [1.29, 1.82) is 0 Å². The molecule has 2 aromatic carbocycles. The lowest BCUT2D eigenvalue weighted by molar-refractivity contribution is 0.0684. The van der Waals surface area contributed by atoms with Crippen molar-refractivity contribution in [3.8, 4) is 0 Å². The highest BCUT2D eigenvalue weighted by atomic mass is 16.2. The number of amides is 1. The molecular formula is C24H27N3O. The van der Waals surface area contributed by atoms with Crippen molar-refractivity contribution < 1.29 is 4.79 Å². The van der Waals surface area contributed by atoms with Crippen LogP contribution in [0.4, 0.5) is 5.69 Å². The van der Waals surface area contributed by atoms with Gasteiger partial charge < -0.3 is 10.2 Å². The molecule has 0 saturated carbocycles. The molecule has 4 nitrogen and oxygen atoms in total. The van der Waals surface area contributed by atoms with Gasteiger partial charge in [-0.1, -0.05) is 54.6 Å². The summed E-state index contributed by atoms with van der Waals surface area (Å²) in [5.74, 6) is -0.0516. The van der Waals surface area contributed by atoms with E-state index in [2.05, 4.69) is 29.4 Å². The highest BCUT2D eigenvalue weighted by molar-refractivity contribution is 5.92. The average molecular weight is 374 g/mol. The first kappa shape index (κ1) is 19.6. The number of nitrogens with zero attached hydrogens (tertiary/aromatic N) is 2. The van der Waals surface area contributed by atoms with Gasteiger partial charge in [0, 0.05) is 19.1 Å². The van der Waals surface area contributed by atoms with Crippen molar-refractivity contribution in [2.45, 2.75) is 39.9 Å². The molecule has 1 heterocycles. The Kier molecular flexibility index (Phi) is 6.43. The third-order valence-electron chi connectivity index (χ3n) is 4.81. The van der Waals surface area contributed by atoms with Gasteiger partial charge in [-0.2, -0.15) is 0 Å². The first-order valence-corrected chi connectivity index (χ1v) is 9.64. The van der Waals surface area contributed by atoms with Gasteiger partial charge in [0.1, 0.15) is 5.69 Å². The summed E-state index contributed by atoms with van der Waals surface area (Å²) in [6.07, 6.45) is 1.73. The fourth-order valence-electron chi connectivity index (χ4n) is 3.05. The maximum atomic E-state index is 13.0. The van der Waals surface area contributed by atoms with E-state index in [1.54, 1.807) is 12.3 Å². The molecule has 1 amide bonds. The number of aromatic nitrogens is 1. The van der Waals surface area contributed by atoms with E-state index in [1.807, 2.05) is 67.3 Å². The largest absolute Gasteiger partial charge is 0.380 e. The maximum Gasteiger partial charge on any atom is 0.272 e. The predicted molar refractivity (Wildman–Crippen MR) is 114 cm³/mol. The number of nitrogens with one attached hydrogen (secondary N) is 1. The van der Waals surface area contributed by atoms with E-state index in [1.165, 1.54) is 11.1 Å². The van der Waals surface area contributed by atoms with Crippen LogP contribution in [0.25, 0.3) is 0 Å². The maximum absolute atomic E-state index is 13.0. The fourth-order valence-corrected chi connectivity index (χ4v) is 3.05. The summed E-state index contributed by atoms with van der Waals surface area (Å²) < 4.78 is 0. The minimum atomic E-state index is -0.0516. The molecule has 0 spiro atoms. The van der Waals surface area contributed by atoms with Crippen molar-refractivity contribution in [3.05, 3.63) is 95.3 Å². The summed E-state index contributed by atoms with van der Waals surface area (Å²) in [6.45, 7) is 7.46. The van der Waals surface area contributed by atoms with E-state index < -0.39 is 0 Å². The molecule has 0 bridgehead atoms. The summed E-state index contributed by atoms with van der Waals surface area (Å²) in [5.41, 5.74) is 4.98. The van der Waals surface area contributed by atoms with Crippen LogP contribution in [-0.2, 0) is 13.1 Å². The monoisotopic (exact) mass is 373 g/mol. The van der Waals surface area contributed by atoms with Gasteiger partial charge in [0.25, 0.3) is 5.91 Å². The summed E-state index contributed by atoms with van der Waals surface area (Å²) in [4.78, 5) is 19.2. The number of hydrogen-bond acceptors (Lipinski definition) is 3. The van der Waals surface area contributed by atoms with Gasteiger partial charge in [-0.15, -0.1) is 0 Å². The predicted octanol–water partition coefficient (Wildman–Crippen LogP) is 5.05. The second-order valence-corrected chi connectivity index (χ2v) is 7.22. The SMILES string of the molecule is Cc1ccccc1CNc1ccc(C(=O)N(Cc2ccccc2)C(C)C)nc1. The molecule has 3 rings (SSSR count). The molecule has 0 aliphatic carbocycles. The van der Waals surface area contributed by atoms with Crippen molar-refractivity contribution in [2.24, 2.45) is 0 Å². The standard InChI is InChI=1S/C24H27N3O/c1-18(2)27(17-20-10-5-4-6-11-20)24(28)23-14-13-22(16-26-23)25-15-21-12-8-7-9-19(21)3/h4-14,16,18,25H,15,17H2,1-3H3. The molecule has 0 atom stereocenters. The molecule has 0 radical (unpaired) electrons. The molecule has 1 aromatic heterocycles. The third kappa shape index (κ3) is 4.97. The molecule has 3 aromatic rings. The van der Waals surface area contributed by atoms with E-state index in [-0.39, 0.29) is 11.9 Å². The lowest BCUT2D eigenvalue weighted by Crippen LogP contribution is -2.36. The number of carbonyl (C=O) groups excluding carboxylic acids is 1. The van der Waals surface area contributed by atoms with Crippen LogP contribution in [0.5, 0.6) is 0 Å². The average Bonchev–Trinajstić information content (AvgIpc) is 2.72. The second-order valence-electron chi connectivity index (χ2n) is 7.22. The smallest absolute Gasteiger partial charge is 0.272 e. The number of hydrogen-bond donors (Lipinski definition) is 1. The highest BCUT2D eigenvalue weighted by Gasteiger charge is 2.20. The molecule has 28 heavy (non-hydrogen) atoms. The van der Waals surface area contributed by atoms with E-state index in [0.29, 0.717) is 12.2 Å². The quantitative estimate of drug-likeness (QED) is 0.630. The van der Waals surface area contributed by atoms with Crippen LogP contribution in [0.15, 0.2) is 72.9 Å². The normalized spacial score (nSPS) is 10.7. The number of benzene rings is 2. The Morgan fingerprint density at radius 3 is 2.36 bits per heavy atom. The number of rotatable bonds is 7. The molecule has 0 saturated heterocycles. The van der Waals surface area contributed by atoms with E-state index in [9.17, 15) is 4.79 Å². The zero-order valence-corrected chi connectivity index (χ0v) is 16.7. The zero-order chi connectivity index (χ0) is 19.9. The van der Waals surface area contributed by atoms with E-state index >= 15 is 0 Å². The van der Waals surface area contributed by atoms with Crippen molar-refractivity contribution >= 4 is 11.6 Å². The molecular weight excluding hydrogens is 346 g/mol. The topological polar surface area (TPSA) is 45.2 Å². The van der Waals surface area contributed by atoms with Crippen LogP contribution in [0.3, 0.4) is 0 Å². The van der Waals surface area contributed by atoms with Gasteiger partial charge >= 0.3 is 0 Å². The summed E-state index contributed by atoms with van der Waals surface area (Å²) in [6, 6.07) is 22.1.